The van der Waals surface area contributed by atoms with Crippen LogP contribution in [0.3, 0.4) is 0 Å². The number of hydrogen-bond donors (Lipinski definition) is 1. The SMILES string of the molecule is O=C(O)N(Cc1cc2c(cn1)OCCO2)C1CCN(CC2CCn3c(=O)sc4ccc(F)c2c43)CC1. The zero-order valence-corrected chi connectivity index (χ0v) is 20.5. The lowest BCUT2D eigenvalue weighted by molar-refractivity contribution is 0.0833. The normalized spacial score (nSPS) is 20.0. The molecule has 0 bridgehead atoms. The largest absolute Gasteiger partial charge is 0.486 e. The first-order valence-electron chi connectivity index (χ1n) is 12.3. The number of aryl methyl sites for hydroxylation is 1. The number of piperidine rings is 1. The lowest BCUT2D eigenvalue weighted by Gasteiger charge is -2.39. The molecule has 190 valence electrons. The summed E-state index contributed by atoms with van der Waals surface area (Å²) in [5.41, 5.74) is 2.02. The Balaban J connectivity index is 1.12. The average molecular weight is 515 g/mol. The van der Waals surface area contributed by atoms with Gasteiger partial charge in [0.2, 0.25) is 0 Å². The van der Waals surface area contributed by atoms with Crippen molar-refractivity contribution in [3.05, 3.63) is 51.1 Å². The number of carboxylic acid groups (broad SMARTS) is 1. The third kappa shape index (κ3) is 4.20. The molecule has 1 atom stereocenters. The van der Waals surface area contributed by atoms with E-state index in [1.807, 2.05) is 0 Å². The monoisotopic (exact) mass is 514 g/mol. The summed E-state index contributed by atoms with van der Waals surface area (Å²) in [6.45, 7) is 3.88. The van der Waals surface area contributed by atoms with Crippen LogP contribution in [-0.4, -0.2) is 69.4 Å². The van der Waals surface area contributed by atoms with Gasteiger partial charge in [0.15, 0.2) is 11.5 Å². The lowest BCUT2D eigenvalue weighted by Crippen LogP contribution is -2.47. The molecule has 3 aliphatic rings. The summed E-state index contributed by atoms with van der Waals surface area (Å²) < 4.78 is 28.5. The Labute approximate surface area is 210 Å². The zero-order chi connectivity index (χ0) is 24.8. The van der Waals surface area contributed by atoms with Crippen LogP contribution >= 0.6 is 11.3 Å². The smallest absolute Gasteiger partial charge is 0.407 e. The molecule has 1 unspecified atom stereocenters. The van der Waals surface area contributed by atoms with Crippen LogP contribution in [-0.2, 0) is 13.1 Å². The number of amides is 1. The number of likely N-dealkylation sites (tertiary alicyclic amines) is 1. The molecule has 5 heterocycles. The first-order chi connectivity index (χ1) is 17.5. The minimum atomic E-state index is -0.971. The molecule has 1 saturated heterocycles. The van der Waals surface area contributed by atoms with Crippen molar-refractivity contribution in [2.24, 2.45) is 0 Å². The molecule has 1 aromatic carbocycles. The van der Waals surface area contributed by atoms with Gasteiger partial charge in [-0.2, -0.15) is 0 Å². The van der Waals surface area contributed by atoms with Crippen molar-refractivity contribution in [1.82, 2.24) is 19.4 Å². The van der Waals surface area contributed by atoms with E-state index in [1.54, 1.807) is 22.9 Å². The van der Waals surface area contributed by atoms with E-state index in [9.17, 15) is 19.1 Å². The van der Waals surface area contributed by atoms with Gasteiger partial charge in [0.05, 0.1) is 28.7 Å². The van der Waals surface area contributed by atoms with E-state index in [-0.39, 0.29) is 29.2 Å². The van der Waals surface area contributed by atoms with Crippen molar-refractivity contribution in [1.29, 1.82) is 0 Å². The number of rotatable bonds is 5. The third-order valence-electron chi connectivity index (χ3n) is 7.46. The van der Waals surface area contributed by atoms with E-state index in [0.29, 0.717) is 61.9 Å². The summed E-state index contributed by atoms with van der Waals surface area (Å²) in [6.07, 6.45) is 2.72. The van der Waals surface area contributed by atoms with Gasteiger partial charge in [-0.25, -0.2) is 9.18 Å². The summed E-state index contributed by atoms with van der Waals surface area (Å²) in [4.78, 5) is 32.5. The fourth-order valence-electron chi connectivity index (χ4n) is 5.70. The Morgan fingerprint density at radius 3 is 2.72 bits per heavy atom. The minimum absolute atomic E-state index is 0.0109. The maximum atomic E-state index is 14.9. The predicted molar refractivity (Wildman–Crippen MR) is 132 cm³/mol. The van der Waals surface area contributed by atoms with Crippen LogP contribution in [0.15, 0.2) is 29.2 Å². The number of benzene rings is 1. The fraction of sp³-hybridized carbons (Fsp3) is 0.480. The maximum Gasteiger partial charge on any atom is 0.407 e. The molecule has 3 aromatic rings. The van der Waals surface area contributed by atoms with E-state index < -0.39 is 6.09 Å². The number of fused-ring (bicyclic) bond motifs is 1. The van der Waals surface area contributed by atoms with Crippen LogP contribution in [0.25, 0.3) is 10.2 Å². The van der Waals surface area contributed by atoms with Crippen molar-refractivity contribution in [2.45, 2.75) is 44.3 Å². The zero-order valence-electron chi connectivity index (χ0n) is 19.7. The molecular weight excluding hydrogens is 487 g/mol. The van der Waals surface area contributed by atoms with Gasteiger partial charge in [-0.15, -0.1) is 0 Å². The molecule has 3 aliphatic heterocycles. The summed E-state index contributed by atoms with van der Waals surface area (Å²) >= 11 is 1.17. The Morgan fingerprint density at radius 2 is 1.94 bits per heavy atom. The lowest BCUT2D eigenvalue weighted by atomic mass is 9.90. The number of thiazole rings is 1. The van der Waals surface area contributed by atoms with Gasteiger partial charge in [-0.05, 0) is 31.4 Å². The van der Waals surface area contributed by atoms with Gasteiger partial charge >= 0.3 is 11.0 Å². The summed E-state index contributed by atoms with van der Waals surface area (Å²) in [6, 6.07) is 4.80. The van der Waals surface area contributed by atoms with E-state index in [0.717, 1.165) is 29.7 Å². The molecule has 0 aliphatic carbocycles. The van der Waals surface area contributed by atoms with Gasteiger partial charge in [-0.1, -0.05) is 11.3 Å². The first-order valence-corrected chi connectivity index (χ1v) is 13.1. The second-order valence-electron chi connectivity index (χ2n) is 9.57. The number of pyridine rings is 1. The van der Waals surface area contributed by atoms with Crippen molar-refractivity contribution in [3.8, 4) is 11.5 Å². The molecule has 2 aromatic heterocycles. The minimum Gasteiger partial charge on any atom is -0.486 e. The molecule has 0 spiro atoms. The van der Waals surface area contributed by atoms with Gasteiger partial charge in [0.1, 0.15) is 19.0 Å². The van der Waals surface area contributed by atoms with Crippen LogP contribution in [0.1, 0.15) is 36.4 Å². The van der Waals surface area contributed by atoms with Gasteiger partial charge in [-0.3, -0.25) is 19.2 Å². The highest BCUT2D eigenvalue weighted by Crippen LogP contribution is 2.37. The second-order valence-corrected chi connectivity index (χ2v) is 10.6. The van der Waals surface area contributed by atoms with Crippen molar-refractivity contribution >= 4 is 27.6 Å². The molecule has 1 fully saturated rings. The Kier molecular flexibility index (Phi) is 6.04. The van der Waals surface area contributed by atoms with Crippen LogP contribution in [0.5, 0.6) is 11.5 Å². The molecule has 1 amide bonds. The number of carbonyl (C=O) groups is 1. The van der Waals surface area contributed by atoms with E-state index in [1.165, 1.54) is 22.3 Å². The third-order valence-corrected chi connectivity index (χ3v) is 8.41. The predicted octanol–water partition coefficient (Wildman–Crippen LogP) is 3.50. The average Bonchev–Trinajstić information content (AvgIpc) is 3.21. The maximum absolute atomic E-state index is 14.9. The Hall–Kier alpha value is -3.18. The first kappa shape index (κ1) is 23.2. The summed E-state index contributed by atoms with van der Waals surface area (Å²) in [5.74, 6) is 0.931. The molecular formula is C25H27FN4O5S. The molecule has 6 rings (SSSR count). The second kappa shape index (κ2) is 9.36. The number of ether oxygens (including phenoxy) is 2. The van der Waals surface area contributed by atoms with Gasteiger partial charge in [0.25, 0.3) is 0 Å². The molecule has 11 heteroatoms. The Bertz CT molecular complexity index is 1370. The highest BCUT2D eigenvalue weighted by Gasteiger charge is 2.32. The molecule has 36 heavy (non-hydrogen) atoms. The topological polar surface area (TPSA) is 97.1 Å². The van der Waals surface area contributed by atoms with Crippen molar-refractivity contribution < 1.29 is 23.8 Å². The van der Waals surface area contributed by atoms with Crippen molar-refractivity contribution in [2.75, 3.05) is 32.8 Å². The number of nitrogens with zero attached hydrogens (tertiary/aromatic N) is 4. The number of halogens is 1. The highest BCUT2D eigenvalue weighted by atomic mass is 32.1. The van der Waals surface area contributed by atoms with Crippen molar-refractivity contribution in [3.63, 3.8) is 0 Å². The van der Waals surface area contributed by atoms with Gasteiger partial charge in [0, 0.05) is 49.8 Å². The standard InChI is InChI=1S/C25H27FN4O5S/c26-18-1-2-21-23-22(18)15(3-8-29(23)25(33)36-21)13-28-6-4-17(5-7-28)30(24(31)32)14-16-11-19-20(12-27-16)35-10-9-34-19/h1-2,11-12,15,17H,3-10,13-14H2,(H,31,32). The van der Waals surface area contributed by atoms with E-state index in [2.05, 4.69) is 9.88 Å². The molecule has 0 saturated carbocycles. The van der Waals surface area contributed by atoms with Crippen LogP contribution in [0.2, 0.25) is 0 Å². The molecule has 1 N–H and O–H groups in total. The summed E-state index contributed by atoms with van der Waals surface area (Å²) in [5, 5.41) is 9.92. The summed E-state index contributed by atoms with van der Waals surface area (Å²) in [7, 11) is 0. The highest BCUT2D eigenvalue weighted by molar-refractivity contribution is 7.16. The fourth-order valence-corrected chi connectivity index (χ4v) is 6.63. The Morgan fingerprint density at radius 1 is 1.17 bits per heavy atom. The number of aromatic nitrogens is 2. The van der Waals surface area contributed by atoms with Crippen LogP contribution in [0.4, 0.5) is 9.18 Å². The molecule has 0 radical (unpaired) electrons. The van der Waals surface area contributed by atoms with Crippen LogP contribution < -0.4 is 14.3 Å². The number of hydrogen-bond acceptors (Lipinski definition) is 7. The van der Waals surface area contributed by atoms with E-state index >= 15 is 0 Å². The van der Waals surface area contributed by atoms with Gasteiger partial charge < -0.3 is 19.5 Å². The quantitative estimate of drug-likeness (QED) is 0.557. The molecule has 9 nitrogen and oxygen atoms in total. The van der Waals surface area contributed by atoms with E-state index in [4.69, 9.17) is 9.47 Å². The van der Waals surface area contributed by atoms with Crippen LogP contribution in [0, 0.1) is 5.82 Å².